The van der Waals surface area contributed by atoms with E-state index in [1.807, 2.05) is 0 Å². The Morgan fingerprint density at radius 3 is 1.04 bits per heavy atom. The van der Waals surface area contributed by atoms with Crippen molar-refractivity contribution in [2.45, 2.75) is 89.9 Å². The molecule has 2 N–H and O–H groups in total. The van der Waals surface area contributed by atoms with E-state index in [2.05, 4.69) is 23.9 Å². The number of aliphatic hydroxyl groups is 2. The number of aliphatic hydroxyl groups excluding tert-OH is 2. The summed E-state index contributed by atoms with van der Waals surface area (Å²) in [5, 5.41) is 18.0. The average molecular weight is 373 g/mol. The zero-order chi connectivity index (χ0) is 19.3. The Hall–Kier alpha value is -0.160. The predicted octanol–water partition coefficient (Wildman–Crippen LogP) is 4.30. The topological polar surface area (TPSA) is 46.9 Å². The Morgan fingerprint density at radius 1 is 0.423 bits per heavy atom. The maximum Gasteiger partial charge on any atom is 0.0558 e. The fraction of sp³-hybridized carbons (Fsp3) is 1.00. The normalized spacial score (nSPS) is 11.8. The van der Waals surface area contributed by atoms with Crippen molar-refractivity contribution < 1.29 is 10.2 Å². The molecule has 158 valence electrons. The molecule has 4 heteroatoms. The molecule has 0 saturated carbocycles. The second-order valence-electron chi connectivity index (χ2n) is 8.04. The van der Waals surface area contributed by atoms with Crippen LogP contribution in [0.3, 0.4) is 0 Å². The average Bonchev–Trinajstić information content (AvgIpc) is 2.61. The van der Waals surface area contributed by atoms with Gasteiger partial charge in [-0.1, -0.05) is 77.0 Å². The van der Waals surface area contributed by atoms with Crippen LogP contribution < -0.4 is 0 Å². The summed E-state index contributed by atoms with van der Waals surface area (Å²) in [7, 11) is 4.32. The van der Waals surface area contributed by atoms with Crippen LogP contribution in [0.2, 0.25) is 0 Å². The van der Waals surface area contributed by atoms with E-state index in [1.54, 1.807) is 0 Å². The number of unbranched alkanes of at least 4 members (excludes halogenated alkanes) is 13. The summed E-state index contributed by atoms with van der Waals surface area (Å²) in [6, 6.07) is 0. The van der Waals surface area contributed by atoms with Gasteiger partial charge in [0, 0.05) is 13.1 Å². The van der Waals surface area contributed by atoms with Gasteiger partial charge >= 0.3 is 0 Å². The summed E-state index contributed by atoms with van der Waals surface area (Å²) in [5.74, 6) is 0. The van der Waals surface area contributed by atoms with Crippen LogP contribution >= 0.6 is 0 Å². The van der Waals surface area contributed by atoms with Crippen molar-refractivity contribution in [1.82, 2.24) is 9.80 Å². The molecule has 0 amide bonds. The Kier molecular flexibility index (Phi) is 21.0. The lowest BCUT2D eigenvalue weighted by Crippen LogP contribution is -2.30. The van der Waals surface area contributed by atoms with Gasteiger partial charge in [0.25, 0.3) is 0 Å². The fourth-order valence-corrected chi connectivity index (χ4v) is 3.50. The smallest absolute Gasteiger partial charge is 0.0558 e. The van der Waals surface area contributed by atoms with E-state index in [4.69, 9.17) is 10.2 Å². The minimum Gasteiger partial charge on any atom is -0.395 e. The van der Waals surface area contributed by atoms with Crippen molar-refractivity contribution in [3.05, 3.63) is 0 Å². The van der Waals surface area contributed by atoms with Gasteiger partial charge in [-0.2, -0.15) is 0 Å². The van der Waals surface area contributed by atoms with E-state index in [-0.39, 0.29) is 13.2 Å². The van der Waals surface area contributed by atoms with Gasteiger partial charge in [0.1, 0.15) is 0 Å². The first-order valence-electron chi connectivity index (χ1n) is 11.3. The SMILES string of the molecule is CN(C)CCCCCCCCCCCCCCCCN(CCO)CCO. The molecule has 0 atom stereocenters. The molecular weight excluding hydrogens is 324 g/mol. The molecule has 0 aromatic rings. The van der Waals surface area contributed by atoms with E-state index in [0.717, 1.165) is 6.54 Å². The summed E-state index contributed by atoms with van der Waals surface area (Å²) in [6.07, 6.45) is 19.3. The van der Waals surface area contributed by atoms with Crippen molar-refractivity contribution in [2.24, 2.45) is 0 Å². The third-order valence-corrected chi connectivity index (χ3v) is 5.16. The van der Waals surface area contributed by atoms with E-state index < -0.39 is 0 Å². The summed E-state index contributed by atoms with van der Waals surface area (Å²) in [4.78, 5) is 4.44. The van der Waals surface area contributed by atoms with Crippen LogP contribution in [0, 0.1) is 0 Å². The Morgan fingerprint density at radius 2 is 0.731 bits per heavy atom. The third kappa shape index (κ3) is 20.2. The van der Waals surface area contributed by atoms with Crippen LogP contribution in [0.5, 0.6) is 0 Å². The van der Waals surface area contributed by atoms with Crippen molar-refractivity contribution in [1.29, 1.82) is 0 Å². The minimum atomic E-state index is 0.191. The van der Waals surface area contributed by atoms with Crippen LogP contribution in [-0.4, -0.2) is 73.5 Å². The van der Waals surface area contributed by atoms with Crippen molar-refractivity contribution in [2.75, 3.05) is 53.5 Å². The molecule has 0 aromatic heterocycles. The van der Waals surface area contributed by atoms with Gasteiger partial charge < -0.3 is 15.1 Å². The molecule has 0 radical (unpaired) electrons. The van der Waals surface area contributed by atoms with Crippen LogP contribution in [0.1, 0.15) is 89.9 Å². The zero-order valence-electron chi connectivity index (χ0n) is 17.9. The molecule has 0 rings (SSSR count). The molecule has 0 bridgehead atoms. The molecule has 0 aliphatic rings. The largest absolute Gasteiger partial charge is 0.395 e. The number of rotatable bonds is 21. The summed E-state index contributed by atoms with van der Waals surface area (Å²) in [6.45, 7) is 4.01. The molecule has 4 nitrogen and oxygen atoms in total. The molecule has 0 heterocycles. The lowest BCUT2D eigenvalue weighted by molar-refractivity contribution is 0.159. The first-order valence-corrected chi connectivity index (χ1v) is 11.3. The van der Waals surface area contributed by atoms with Crippen molar-refractivity contribution in [3.63, 3.8) is 0 Å². The quantitative estimate of drug-likeness (QED) is 0.295. The zero-order valence-corrected chi connectivity index (χ0v) is 17.9. The molecule has 0 unspecified atom stereocenters. The first-order chi connectivity index (χ1) is 12.7. The van der Waals surface area contributed by atoms with E-state index in [0.29, 0.717) is 13.1 Å². The highest BCUT2D eigenvalue weighted by Gasteiger charge is 2.02. The van der Waals surface area contributed by atoms with Crippen LogP contribution in [0.25, 0.3) is 0 Å². The highest BCUT2D eigenvalue weighted by atomic mass is 16.3. The summed E-state index contributed by atoms with van der Waals surface area (Å²) in [5.41, 5.74) is 0. The Bertz CT molecular complexity index is 257. The van der Waals surface area contributed by atoms with Gasteiger partial charge in [-0.25, -0.2) is 0 Å². The van der Waals surface area contributed by atoms with E-state index in [1.165, 1.54) is 96.4 Å². The predicted molar refractivity (Wildman–Crippen MR) is 114 cm³/mol. The highest BCUT2D eigenvalue weighted by Crippen LogP contribution is 2.13. The second kappa shape index (κ2) is 21.1. The molecule has 0 aromatic carbocycles. The maximum atomic E-state index is 8.98. The first kappa shape index (κ1) is 25.8. The van der Waals surface area contributed by atoms with E-state index in [9.17, 15) is 0 Å². The van der Waals surface area contributed by atoms with Gasteiger partial charge in [-0.15, -0.1) is 0 Å². The van der Waals surface area contributed by atoms with Gasteiger partial charge in [0.2, 0.25) is 0 Å². The fourth-order valence-electron chi connectivity index (χ4n) is 3.50. The Labute approximate surface area is 164 Å². The number of nitrogens with zero attached hydrogens (tertiary/aromatic N) is 2. The highest BCUT2D eigenvalue weighted by molar-refractivity contribution is 4.57. The van der Waals surface area contributed by atoms with Crippen molar-refractivity contribution >= 4 is 0 Å². The molecule has 0 spiro atoms. The number of hydrogen-bond donors (Lipinski definition) is 2. The molecule has 0 aliphatic carbocycles. The third-order valence-electron chi connectivity index (χ3n) is 5.16. The number of hydrogen-bond acceptors (Lipinski definition) is 4. The monoisotopic (exact) mass is 372 g/mol. The van der Waals surface area contributed by atoms with Gasteiger partial charge in [-0.3, -0.25) is 4.90 Å². The summed E-state index contributed by atoms with van der Waals surface area (Å²) < 4.78 is 0. The Balaban J connectivity index is 3.15. The molecule has 0 fully saturated rings. The minimum absolute atomic E-state index is 0.191. The van der Waals surface area contributed by atoms with Gasteiger partial charge in [-0.05, 0) is 40.0 Å². The molecular formula is C22H48N2O2. The summed E-state index contributed by atoms with van der Waals surface area (Å²) >= 11 is 0. The standard InChI is InChI=1S/C22H48N2O2/c1-23(2)17-15-13-11-9-7-5-3-4-6-8-10-12-14-16-18-24(19-21-25)20-22-26/h25-26H,3-22H2,1-2H3. The van der Waals surface area contributed by atoms with Crippen LogP contribution in [-0.2, 0) is 0 Å². The molecule has 0 saturated heterocycles. The molecule has 0 aliphatic heterocycles. The molecule has 26 heavy (non-hydrogen) atoms. The van der Waals surface area contributed by atoms with Crippen LogP contribution in [0.15, 0.2) is 0 Å². The lowest BCUT2D eigenvalue weighted by Gasteiger charge is -2.19. The lowest BCUT2D eigenvalue weighted by atomic mass is 10.0. The van der Waals surface area contributed by atoms with Gasteiger partial charge in [0.05, 0.1) is 13.2 Å². The second-order valence-corrected chi connectivity index (χ2v) is 8.04. The maximum absolute atomic E-state index is 8.98. The van der Waals surface area contributed by atoms with Crippen LogP contribution in [0.4, 0.5) is 0 Å². The van der Waals surface area contributed by atoms with E-state index >= 15 is 0 Å². The van der Waals surface area contributed by atoms with Crippen molar-refractivity contribution in [3.8, 4) is 0 Å². The van der Waals surface area contributed by atoms with Gasteiger partial charge in [0.15, 0.2) is 0 Å².